The summed E-state index contributed by atoms with van der Waals surface area (Å²) in [5.74, 6) is -3.12. The van der Waals surface area contributed by atoms with E-state index >= 15 is 0 Å². The van der Waals surface area contributed by atoms with Gasteiger partial charge in [0, 0.05) is 31.8 Å². The van der Waals surface area contributed by atoms with E-state index in [1.165, 1.54) is 0 Å². The number of nitrogens with zero attached hydrogens (tertiary/aromatic N) is 1. The Bertz CT molecular complexity index is 267. The van der Waals surface area contributed by atoms with Crippen LogP contribution in [0.3, 0.4) is 0 Å². The second-order valence-corrected chi connectivity index (χ2v) is 4.01. The van der Waals surface area contributed by atoms with Crippen LogP contribution in [0, 0.1) is 5.92 Å². The summed E-state index contributed by atoms with van der Waals surface area (Å²) in [6.45, 7) is 1.26. The average molecular weight is 201 g/mol. The van der Waals surface area contributed by atoms with E-state index in [0.29, 0.717) is 13.1 Å². The van der Waals surface area contributed by atoms with Gasteiger partial charge in [0.05, 0.1) is 0 Å². The molecule has 0 radical (unpaired) electrons. The van der Waals surface area contributed by atoms with Gasteiger partial charge in [-0.05, 0) is 6.42 Å². The molecule has 0 spiro atoms. The largest absolute Gasteiger partial charge is 0.338 e. The first-order valence-corrected chi connectivity index (χ1v) is 4.90. The van der Waals surface area contributed by atoms with Crippen molar-refractivity contribution in [2.75, 3.05) is 13.1 Å². The van der Waals surface area contributed by atoms with Crippen LogP contribution in [0.1, 0.15) is 19.3 Å². The molecule has 78 valence electrons. The lowest BCUT2D eigenvalue weighted by Gasteiger charge is -2.37. The number of amides is 1. The van der Waals surface area contributed by atoms with Crippen molar-refractivity contribution in [1.82, 2.24) is 4.90 Å². The van der Waals surface area contributed by atoms with Gasteiger partial charge in [0.1, 0.15) is 0 Å². The topological polar surface area (TPSA) is 20.3 Å². The molecule has 0 atom stereocenters. The molecular formula is C10H13F2NO. The fourth-order valence-corrected chi connectivity index (χ4v) is 1.94. The van der Waals surface area contributed by atoms with Gasteiger partial charge in [-0.25, -0.2) is 8.78 Å². The molecule has 1 aliphatic carbocycles. The lowest BCUT2D eigenvalue weighted by atomic mass is 9.80. The SMILES string of the molecule is O=C(C1CC(F)(F)C1)N1CC=CCC1. The zero-order valence-electron chi connectivity index (χ0n) is 7.88. The molecule has 14 heavy (non-hydrogen) atoms. The Balaban J connectivity index is 1.87. The lowest BCUT2D eigenvalue weighted by Crippen LogP contribution is -2.47. The van der Waals surface area contributed by atoms with E-state index in [9.17, 15) is 13.6 Å². The maximum Gasteiger partial charge on any atom is 0.249 e. The monoisotopic (exact) mass is 201 g/mol. The normalized spacial score (nSPS) is 26.0. The zero-order chi connectivity index (χ0) is 10.2. The van der Waals surface area contributed by atoms with Crippen LogP contribution in [-0.4, -0.2) is 29.8 Å². The van der Waals surface area contributed by atoms with Crippen molar-refractivity contribution >= 4 is 5.91 Å². The number of hydrogen-bond donors (Lipinski definition) is 0. The molecule has 0 bridgehead atoms. The van der Waals surface area contributed by atoms with Gasteiger partial charge in [-0.15, -0.1) is 0 Å². The molecule has 2 nitrogen and oxygen atoms in total. The van der Waals surface area contributed by atoms with Crippen LogP contribution >= 0.6 is 0 Å². The first-order valence-electron chi connectivity index (χ1n) is 4.90. The van der Waals surface area contributed by atoms with E-state index < -0.39 is 11.8 Å². The summed E-state index contributed by atoms with van der Waals surface area (Å²) < 4.78 is 25.1. The quantitative estimate of drug-likeness (QED) is 0.592. The highest BCUT2D eigenvalue weighted by molar-refractivity contribution is 5.80. The van der Waals surface area contributed by atoms with E-state index in [2.05, 4.69) is 0 Å². The zero-order valence-corrected chi connectivity index (χ0v) is 7.88. The molecule has 0 unspecified atom stereocenters. The van der Waals surface area contributed by atoms with E-state index in [4.69, 9.17) is 0 Å². The summed E-state index contributed by atoms with van der Waals surface area (Å²) in [7, 11) is 0. The molecule has 2 aliphatic rings. The van der Waals surface area contributed by atoms with Crippen molar-refractivity contribution in [3.8, 4) is 0 Å². The summed E-state index contributed by atoms with van der Waals surface area (Å²) in [5, 5.41) is 0. The molecule has 0 aromatic carbocycles. The molecule has 1 amide bonds. The van der Waals surface area contributed by atoms with E-state index in [-0.39, 0.29) is 18.7 Å². The number of halogens is 2. The Kier molecular flexibility index (Phi) is 2.29. The number of hydrogen-bond acceptors (Lipinski definition) is 1. The Labute approximate surface area is 81.6 Å². The number of alkyl halides is 2. The fourth-order valence-electron chi connectivity index (χ4n) is 1.94. The van der Waals surface area contributed by atoms with Crippen LogP contribution < -0.4 is 0 Å². The van der Waals surface area contributed by atoms with Crippen molar-refractivity contribution < 1.29 is 13.6 Å². The molecular weight excluding hydrogens is 188 g/mol. The first-order chi connectivity index (χ1) is 6.58. The number of rotatable bonds is 1. The molecule has 1 saturated carbocycles. The highest BCUT2D eigenvalue weighted by Crippen LogP contribution is 2.43. The Morgan fingerprint density at radius 2 is 2.07 bits per heavy atom. The van der Waals surface area contributed by atoms with Crippen molar-refractivity contribution in [1.29, 1.82) is 0 Å². The predicted octanol–water partition coefficient (Wildman–Crippen LogP) is 1.82. The van der Waals surface area contributed by atoms with Crippen LogP contribution in [0.2, 0.25) is 0 Å². The number of carbonyl (C=O) groups excluding carboxylic acids is 1. The molecule has 1 heterocycles. The molecule has 0 saturated heterocycles. The van der Waals surface area contributed by atoms with Gasteiger partial charge >= 0.3 is 0 Å². The molecule has 2 rings (SSSR count). The van der Waals surface area contributed by atoms with Gasteiger partial charge in [-0.1, -0.05) is 12.2 Å². The molecule has 4 heteroatoms. The third kappa shape index (κ3) is 1.79. The molecule has 1 fully saturated rings. The summed E-state index contributed by atoms with van der Waals surface area (Å²) >= 11 is 0. The Morgan fingerprint density at radius 1 is 1.36 bits per heavy atom. The minimum atomic E-state index is -2.59. The lowest BCUT2D eigenvalue weighted by molar-refractivity contribution is -0.159. The Morgan fingerprint density at radius 3 is 2.57 bits per heavy atom. The van der Waals surface area contributed by atoms with Crippen molar-refractivity contribution in [3.63, 3.8) is 0 Å². The van der Waals surface area contributed by atoms with Gasteiger partial charge in [0.25, 0.3) is 0 Å². The third-order valence-electron chi connectivity index (χ3n) is 2.81. The van der Waals surface area contributed by atoms with Crippen molar-refractivity contribution in [3.05, 3.63) is 12.2 Å². The van der Waals surface area contributed by atoms with E-state index in [0.717, 1.165) is 6.42 Å². The maximum atomic E-state index is 12.5. The smallest absolute Gasteiger partial charge is 0.249 e. The van der Waals surface area contributed by atoms with Gasteiger partial charge < -0.3 is 4.90 Å². The minimum Gasteiger partial charge on any atom is -0.338 e. The van der Waals surface area contributed by atoms with Crippen LogP contribution in [0.5, 0.6) is 0 Å². The highest BCUT2D eigenvalue weighted by Gasteiger charge is 2.49. The number of carbonyl (C=O) groups is 1. The second kappa shape index (κ2) is 3.33. The maximum absolute atomic E-state index is 12.5. The summed E-state index contributed by atoms with van der Waals surface area (Å²) in [5.41, 5.74) is 0. The summed E-state index contributed by atoms with van der Waals surface area (Å²) in [4.78, 5) is 13.3. The van der Waals surface area contributed by atoms with Gasteiger partial charge in [0.15, 0.2) is 0 Å². The van der Waals surface area contributed by atoms with Gasteiger partial charge in [-0.2, -0.15) is 0 Å². The van der Waals surface area contributed by atoms with E-state index in [1.807, 2.05) is 12.2 Å². The second-order valence-electron chi connectivity index (χ2n) is 4.01. The van der Waals surface area contributed by atoms with Crippen molar-refractivity contribution in [2.24, 2.45) is 5.92 Å². The van der Waals surface area contributed by atoms with Crippen LogP contribution in [0.25, 0.3) is 0 Å². The average Bonchev–Trinajstić information content (AvgIpc) is 2.14. The predicted molar refractivity (Wildman–Crippen MR) is 48.0 cm³/mol. The standard InChI is InChI=1S/C10H13F2NO/c11-10(12)6-8(7-10)9(14)13-4-2-1-3-5-13/h1-2,8H,3-7H2. The highest BCUT2D eigenvalue weighted by atomic mass is 19.3. The van der Waals surface area contributed by atoms with Crippen LogP contribution in [0.15, 0.2) is 12.2 Å². The van der Waals surface area contributed by atoms with Gasteiger partial charge in [-0.3, -0.25) is 4.79 Å². The molecule has 0 aromatic rings. The third-order valence-corrected chi connectivity index (χ3v) is 2.81. The van der Waals surface area contributed by atoms with Gasteiger partial charge in [0.2, 0.25) is 11.8 Å². The molecule has 0 aromatic heterocycles. The van der Waals surface area contributed by atoms with Crippen LogP contribution in [0.4, 0.5) is 8.78 Å². The van der Waals surface area contributed by atoms with Crippen molar-refractivity contribution in [2.45, 2.75) is 25.2 Å². The summed E-state index contributed by atoms with van der Waals surface area (Å²) in [6, 6.07) is 0. The fraction of sp³-hybridized carbons (Fsp3) is 0.700. The summed E-state index contributed by atoms with van der Waals surface area (Å²) in [6.07, 6.45) is 4.25. The minimum absolute atomic E-state index is 0.0970. The molecule has 0 N–H and O–H groups in total. The first kappa shape index (κ1) is 9.62. The molecule has 1 aliphatic heterocycles. The van der Waals surface area contributed by atoms with E-state index in [1.54, 1.807) is 4.90 Å². The Hall–Kier alpha value is -0.930. The van der Waals surface area contributed by atoms with Crippen LogP contribution in [-0.2, 0) is 4.79 Å².